The molecule has 0 bridgehead atoms. The molecule has 0 atom stereocenters. The van der Waals surface area contributed by atoms with Crippen LogP contribution in [0.25, 0.3) is 11.0 Å². The molecule has 0 unspecified atom stereocenters. The minimum absolute atomic E-state index is 0.481. The van der Waals surface area contributed by atoms with Crippen molar-refractivity contribution in [3.05, 3.63) is 30.1 Å². The third-order valence-corrected chi connectivity index (χ3v) is 3.64. The van der Waals surface area contributed by atoms with E-state index in [-0.39, 0.29) is 0 Å². The summed E-state index contributed by atoms with van der Waals surface area (Å²) in [6.45, 7) is 0.891. The van der Waals surface area contributed by atoms with Gasteiger partial charge in [-0.2, -0.15) is 0 Å². The molecule has 2 aromatic rings. The van der Waals surface area contributed by atoms with E-state index in [4.69, 9.17) is 5.73 Å². The highest BCUT2D eigenvalue weighted by Crippen LogP contribution is 2.21. The maximum absolute atomic E-state index is 5.67. The van der Waals surface area contributed by atoms with Crippen LogP contribution in [0.4, 0.5) is 11.6 Å². The monoisotopic (exact) mass is 269 g/mol. The molecular formula is C15H19N5. The van der Waals surface area contributed by atoms with Crippen molar-refractivity contribution < 1.29 is 0 Å². The van der Waals surface area contributed by atoms with Crippen LogP contribution in [0, 0.1) is 0 Å². The Labute approximate surface area is 118 Å². The lowest BCUT2D eigenvalue weighted by atomic mass is 9.97. The van der Waals surface area contributed by atoms with E-state index in [0.29, 0.717) is 11.5 Å². The second kappa shape index (κ2) is 5.86. The van der Waals surface area contributed by atoms with Gasteiger partial charge in [-0.05, 0) is 44.2 Å². The summed E-state index contributed by atoms with van der Waals surface area (Å²) in [5.41, 5.74) is 7.87. The van der Waals surface area contributed by atoms with Gasteiger partial charge in [0.15, 0.2) is 5.65 Å². The van der Waals surface area contributed by atoms with E-state index in [0.717, 1.165) is 24.2 Å². The van der Waals surface area contributed by atoms with E-state index < -0.39 is 0 Å². The molecule has 1 aliphatic rings. The van der Waals surface area contributed by atoms with Crippen molar-refractivity contribution in [1.82, 2.24) is 15.0 Å². The maximum Gasteiger partial charge on any atom is 0.166 e. The molecule has 0 aliphatic heterocycles. The van der Waals surface area contributed by atoms with Crippen molar-refractivity contribution in [2.45, 2.75) is 32.1 Å². The number of aromatic nitrogens is 3. The second-order valence-electron chi connectivity index (χ2n) is 5.11. The Kier molecular flexibility index (Phi) is 3.76. The van der Waals surface area contributed by atoms with Crippen LogP contribution in [0.15, 0.2) is 30.1 Å². The van der Waals surface area contributed by atoms with Gasteiger partial charge in [-0.1, -0.05) is 11.6 Å². The number of hydrogen-bond acceptors (Lipinski definition) is 5. The third-order valence-electron chi connectivity index (χ3n) is 3.64. The molecule has 1 aliphatic carbocycles. The van der Waals surface area contributed by atoms with Gasteiger partial charge in [-0.3, -0.25) is 0 Å². The summed E-state index contributed by atoms with van der Waals surface area (Å²) in [4.78, 5) is 12.7. The highest BCUT2D eigenvalue weighted by Gasteiger charge is 2.06. The first-order valence-electron chi connectivity index (χ1n) is 7.12. The number of anilines is 2. The lowest BCUT2D eigenvalue weighted by molar-refractivity contribution is 0.679. The Bertz CT molecular complexity index is 635. The van der Waals surface area contributed by atoms with Gasteiger partial charge in [0.05, 0.1) is 5.39 Å². The summed E-state index contributed by atoms with van der Waals surface area (Å²) in [6, 6.07) is 3.69. The zero-order chi connectivity index (χ0) is 13.8. The SMILES string of the molecule is Nc1ccc2c(NCCC3=CCCCC3)ncnc2n1. The van der Waals surface area contributed by atoms with Crippen LogP contribution in [0.2, 0.25) is 0 Å². The summed E-state index contributed by atoms with van der Waals surface area (Å²) in [7, 11) is 0. The molecule has 2 aromatic heterocycles. The molecule has 3 rings (SSSR count). The molecule has 0 aromatic carbocycles. The van der Waals surface area contributed by atoms with Gasteiger partial charge in [0.1, 0.15) is 18.0 Å². The van der Waals surface area contributed by atoms with Gasteiger partial charge in [-0.15, -0.1) is 0 Å². The molecule has 0 radical (unpaired) electrons. The number of hydrogen-bond donors (Lipinski definition) is 2. The normalized spacial score (nSPS) is 15.1. The number of fused-ring (bicyclic) bond motifs is 1. The number of nitrogen functional groups attached to an aromatic ring is 1. The summed E-state index contributed by atoms with van der Waals surface area (Å²) >= 11 is 0. The van der Waals surface area contributed by atoms with Crippen LogP contribution in [0.1, 0.15) is 32.1 Å². The maximum atomic E-state index is 5.67. The van der Waals surface area contributed by atoms with Crippen LogP contribution in [-0.4, -0.2) is 21.5 Å². The van der Waals surface area contributed by atoms with Crippen molar-refractivity contribution in [1.29, 1.82) is 0 Å². The van der Waals surface area contributed by atoms with Crippen LogP contribution in [-0.2, 0) is 0 Å². The standard InChI is InChI=1S/C15H19N5/c16-13-7-6-12-14(18-10-19-15(12)20-13)17-9-8-11-4-2-1-3-5-11/h4,6-7,10H,1-3,5,8-9H2,(H3,16,17,18,19,20). The third kappa shape index (κ3) is 2.87. The molecule has 0 fully saturated rings. The van der Waals surface area contributed by atoms with E-state index in [1.54, 1.807) is 11.6 Å². The van der Waals surface area contributed by atoms with Gasteiger partial charge < -0.3 is 11.1 Å². The minimum Gasteiger partial charge on any atom is -0.384 e. The molecule has 0 amide bonds. The molecular weight excluding hydrogens is 250 g/mol. The minimum atomic E-state index is 0.481. The van der Waals surface area contributed by atoms with Crippen LogP contribution in [0.3, 0.4) is 0 Å². The van der Waals surface area contributed by atoms with Gasteiger partial charge in [-0.25, -0.2) is 15.0 Å². The van der Waals surface area contributed by atoms with Gasteiger partial charge in [0, 0.05) is 6.54 Å². The Hall–Kier alpha value is -2.17. The van der Waals surface area contributed by atoms with Crippen LogP contribution < -0.4 is 11.1 Å². The van der Waals surface area contributed by atoms with Crippen molar-refractivity contribution in [2.24, 2.45) is 0 Å². The fourth-order valence-corrected chi connectivity index (χ4v) is 2.57. The zero-order valence-corrected chi connectivity index (χ0v) is 11.5. The van der Waals surface area contributed by atoms with Gasteiger partial charge >= 0.3 is 0 Å². The number of allylic oxidation sites excluding steroid dienone is 1. The largest absolute Gasteiger partial charge is 0.384 e. The quantitative estimate of drug-likeness (QED) is 0.834. The lowest BCUT2D eigenvalue weighted by Gasteiger charge is -2.13. The fraction of sp³-hybridized carbons (Fsp3) is 0.400. The predicted molar refractivity (Wildman–Crippen MR) is 81.4 cm³/mol. The van der Waals surface area contributed by atoms with E-state index in [9.17, 15) is 0 Å². The highest BCUT2D eigenvalue weighted by atomic mass is 15.0. The van der Waals surface area contributed by atoms with Crippen molar-refractivity contribution in [3.8, 4) is 0 Å². The topological polar surface area (TPSA) is 76.7 Å². The Morgan fingerprint density at radius 2 is 2.15 bits per heavy atom. The average Bonchev–Trinajstić information content (AvgIpc) is 2.48. The van der Waals surface area contributed by atoms with Crippen molar-refractivity contribution >= 4 is 22.7 Å². The summed E-state index contributed by atoms with van der Waals surface area (Å²) in [5, 5.41) is 4.30. The Morgan fingerprint density at radius 1 is 1.20 bits per heavy atom. The number of pyridine rings is 1. The first kappa shape index (κ1) is 12.8. The number of nitrogens with zero attached hydrogens (tertiary/aromatic N) is 3. The summed E-state index contributed by atoms with van der Waals surface area (Å²) in [5.74, 6) is 1.31. The Balaban J connectivity index is 1.69. The predicted octanol–water partition coefficient (Wildman–Crippen LogP) is 2.91. The Morgan fingerprint density at radius 3 is 3.00 bits per heavy atom. The smallest absolute Gasteiger partial charge is 0.166 e. The second-order valence-corrected chi connectivity index (χ2v) is 5.11. The average molecular weight is 269 g/mol. The molecule has 0 saturated carbocycles. The van der Waals surface area contributed by atoms with Crippen molar-refractivity contribution in [3.63, 3.8) is 0 Å². The number of nitrogens with one attached hydrogen (secondary N) is 1. The molecule has 3 N–H and O–H groups in total. The van der Waals surface area contributed by atoms with Gasteiger partial charge in [0.25, 0.3) is 0 Å². The van der Waals surface area contributed by atoms with Crippen molar-refractivity contribution in [2.75, 3.05) is 17.6 Å². The molecule has 0 saturated heterocycles. The molecule has 104 valence electrons. The van der Waals surface area contributed by atoms with Crippen LogP contribution in [0.5, 0.6) is 0 Å². The molecule has 5 heteroatoms. The molecule has 5 nitrogen and oxygen atoms in total. The van der Waals surface area contributed by atoms with E-state index in [2.05, 4.69) is 26.3 Å². The van der Waals surface area contributed by atoms with E-state index in [1.807, 2.05) is 6.07 Å². The first-order chi connectivity index (χ1) is 9.83. The molecule has 2 heterocycles. The lowest BCUT2D eigenvalue weighted by Crippen LogP contribution is -2.07. The summed E-state index contributed by atoms with van der Waals surface area (Å²) in [6.07, 6.45) is 10.1. The van der Waals surface area contributed by atoms with Crippen LogP contribution >= 0.6 is 0 Å². The summed E-state index contributed by atoms with van der Waals surface area (Å²) < 4.78 is 0. The molecule has 0 spiro atoms. The first-order valence-corrected chi connectivity index (χ1v) is 7.12. The zero-order valence-electron chi connectivity index (χ0n) is 11.5. The number of rotatable bonds is 4. The molecule has 20 heavy (non-hydrogen) atoms. The van der Waals surface area contributed by atoms with E-state index >= 15 is 0 Å². The highest BCUT2D eigenvalue weighted by molar-refractivity contribution is 5.86. The number of nitrogens with two attached hydrogens (primary N) is 1. The van der Waals surface area contributed by atoms with Gasteiger partial charge in [0.2, 0.25) is 0 Å². The fourth-order valence-electron chi connectivity index (χ4n) is 2.57. The van der Waals surface area contributed by atoms with E-state index in [1.165, 1.54) is 32.0 Å².